The zero-order chi connectivity index (χ0) is 19.9. The van der Waals surface area contributed by atoms with Gasteiger partial charge in [-0.15, -0.1) is 11.6 Å². The van der Waals surface area contributed by atoms with Crippen LogP contribution in [0.4, 0.5) is 11.4 Å². The SMILES string of the molecule is O=C(Nc1ccccc1)c1ccc(N(Cc2cccc(Cl)n2)C(=O)CCl)cn1. The molecule has 2 aromatic heterocycles. The first-order valence-corrected chi connectivity index (χ1v) is 9.28. The van der Waals surface area contributed by atoms with Gasteiger partial charge in [0, 0.05) is 5.69 Å². The number of anilines is 2. The van der Waals surface area contributed by atoms with Crippen molar-refractivity contribution in [3.05, 3.63) is 83.4 Å². The number of benzene rings is 1. The molecular weight excluding hydrogens is 399 g/mol. The van der Waals surface area contributed by atoms with Crippen LogP contribution in [0.5, 0.6) is 0 Å². The van der Waals surface area contributed by atoms with Gasteiger partial charge in [-0.05, 0) is 36.4 Å². The summed E-state index contributed by atoms with van der Waals surface area (Å²) in [6.07, 6.45) is 1.45. The molecule has 0 aliphatic rings. The number of nitrogens with zero attached hydrogens (tertiary/aromatic N) is 3. The third-order valence-corrected chi connectivity index (χ3v) is 4.27. The van der Waals surface area contributed by atoms with E-state index < -0.39 is 0 Å². The number of halogens is 2. The Balaban J connectivity index is 1.78. The lowest BCUT2D eigenvalue weighted by molar-refractivity contribution is -0.116. The Morgan fingerprint density at radius 3 is 2.43 bits per heavy atom. The Bertz CT molecular complexity index is 965. The largest absolute Gasteiger partial charge is 0.321 e. The van der Waals surface area contributed by atoms with Crippen LogP contribution in [0, 0.1) is 0 Å². The molecule has 1 aromatic carbocycles. The van der Waals surface area contributed by atoms with Crippen LogP contribution < -0.4 is 10.2 Å². The predicted molar refractivity (Wildman–Crippen MR) is 110 cm³/mol. The predicted octanol–water partition coefficient (Wildman–Crippen LogP) is 4.15. The van der Waals surface area contributed by atoms with E-state index in [-0.39, 0.29) is 29.9 Å². The molecule has 0 unspecified atom stereocenters. The topological polar surface area (TPSA) is 75.2 Å². The molecule has 142 valence electrons. The fraction of sp³-hybridized carbons (Fsp3) is 0.100. The molecule has 2 amide bonds. The second-order valence-electron chi connectivity index (χ2n) is 5.79. The van der Waals surface area contributed by atoms with E-state index >= 15 is 0 Å². The monoisotopic (exact) mass is 414 g/mol. The molecule has 3 aromatic rings. The van der Waals surface area contributed by atoms with Crippen LogP contribution >= 0.6 is 23.2 Å². The zero-order valence-electron chi connectivity index (χ0n) is 14.7. The van der Waals surface area contributed by atoms with Gasteiger partial charge in [0.1, 0.15) is 16.7 Å². The van der Waals surface area contributed by atoms with Crippen LogP contribution in [0.25, 0.3) is 0 Å². The van der Waals surface area contributed by atoms with Gasteiger partial charge < -0.3 is 10.2 Å². The Hall–Kier alpha value is -2.96. The summed E-state index contributed by atoms with van der Waals surface area (Å²) in [6, 6.07) is 17.4. The molecule has 0 saturated heterocycles. The minimum atomic E-state index is -0.343. The van der Waals surface area contributed by atoms with Crippen molar-refractivity contribution in [1.29, 1.82) is 0 Å². The molecule has 2 heterocycles. The maximum Gasteiger partial charge on any atom is 0.274 e. The van der Waals surface area contributed by atoms with E-state index in [1.165, 1.54) is 11.1 Å². The van der Waals surface area contributed by atoms with E-state index in [9.17, 15) is 9.59 Å². The molecule has 0 atom stereocenters. The van der Waals surface area contributed by atoms with Gasteiger partial charge >= 0.3 is 0 Å². The maximum atomic E-state index is 12.3. The average molecular weight is 415 g/mol. The Kier molecular flexibility index (Phi) is 6.57. The third-order valence-electron chi connectivity index (χ3n) is 3.83. The Labute approximate surface area is 172 Å². The van der Waals surface area contributed by atoms with Crippen LogP contribution in [-0.2, 0) is 11.3 Å². The van der Waals surface area contributed by atoms with Gasteiger partial charge in [0.05, 0.1) is 24.1 Å². The highest BCUT2D eigenvalue weighted by atomic mass is 35.5. The van der Waals surface area contributed by atoms with E-state index in [2.05, 4.69) is 15.3 Å². The van der Waals surface area contributed by atoms with Crippen LogP contribution in [0.15, 0.2) is 66.9 Å². The number of aromatic nitrogens is 2. The van der Waals surface area contributed by atoms with Crippen molar-refractivity contribution in [2.75, 3.05) is 16.1 Å². The molecule has 0 saturated carbocycles. The lowest BCUT2D eigenvalue weighted by Gasteiger charge is -2.21. The molecule has 28 heavy (non-hydrogen) atoms. The van der Waals surface area contributed by atoms with Crippen molar-refractivity contribution in [1.82, 2.24) is 9.97 Å². The summed E-state index contributed by atoms with van der Waals surface area (Å²) in [5, 5.41) is 3.09. The molecule has 1 N–H and O–H groups in total. The number of pyridine rings is 2. The second-order valence-corrected chi connectivity index (χ2v) is 6.44. The van der Waals surface area contributed by atoms with E-state index in [4.69, 9.17) is 23.2 Å². The van der Waals surface area contributed by atoms with E-state index in [0.717, 1.165) is 0 Å². The van der Waals surface area contributed by atoms with E-state index in [1.54, 1.807) is 42.5 Å². The fourth-order valence-corrected chi connectivity index (χ4v) is 2.82. The van der Waals surface area contributed by atoms with Gasteiger partial charge in [-0.3, -0.25) is 9.59 Å². The third kappa shape index (κ3) is 5.06. The molecule has 0 fully saturated rings. The molecule has 3 rings (SSSR count). The summed E-state index contributed by atoms with van der Waals surface area (Å²) in [5.41, 5.74) is 2.01. The minimum absolute atomic E-state index is 0.184. The lowest BCUT2D eigenvalue weighted by Crippen LogP contribution is -2.32. The molecular formula is C20H16Cl2N4O2. The Morgan fingerprint density at radius 2 is 1.79 bits per heavy atom. The van der Waals surface area contributed by atoms with Gasteiger partial charge in [0.15, 0.2) is 0 Å². The van der Waals surface area contributed by atoms with Crippen LogP contribution in [-0.4, -0.2) is 27.7 Å². The highest BCUT2D eigenvalue weighted by Gasteiger charge is 2.17. The quantitative estimate of drug-likeness (QED) is 0.485. The first kappa shape index (κ1) is 19.8. The van der Waals surface area contributed by atoms with Crippen LogP contribution in [0.2, 0.25) is 5.15 Å². The van der Waals surface area contributed by atoms with Crippen molar-refractivity contribution < 1.29 is 9.59 Å². The summed E-state index contributed by atoms with van der Waals surface area (Å²) >= 11 is 11.7. The number of carbonyl (C=O) groups excluding carboxylic acids is 2. The number of hydrogen-bond donors (Lipinski definition) is 1. The number of rotatable bonds is 6. The normalized spacial score (nSPS) is 10.4. The molecule has 8 heteroatoms. The first-order valence-electron chi connectivity index (χ1n) is 8.37. The zero-order valence-corrected chi connectivity index (χ0v) is 16.2. The summed E-state index contributed by atoms with van der Waals surface area (Å²) in [7, 11) is 0. The number of alkyl halides is 1. The standard InChI is InChI=1S/C20H16Cl2N4O2/c21-11-19(27)26(13-15-7-4-8-18(22)24-15)16-9-10-17(23-12-16)20(28)25-14-5-2-1-3-6-14/h1-10,12H,11,13H2,(H,25,28). The number of carbonyl (C=O) groups is 2. The number of nitrogens with one attached hydrogen (secondary N) is 1. The highest BCUT2D eigenvalue weighted by molar-refractivity contribution is 6.29. The van der Waals surface area contributed by atoms with Crippen molar-refractivity contribution in [3.8, 4) is 0 Å². The summed E-state index contributed by atoms with van der Waals surface area (Å²) in [4.78, 5) is 34.4. The second kappa shape index (κ2) is 9.30. The summed E-state index contributed by atoms with van der Waals surface area (Å²) < 4.78 is 0. The Morgan fingerprint density at radius 1 is 1.00 bits per heavy atom. The fourth-order valence-electron chi connectivity index (χ4n) is 2.49. The van der Waals surface area contributed by atoms with Gasteiger partial charge in [-0.25, -0.2) is 9.97 Å². The van der Waals surface area contributed by atoms with Crippen molar-refractivity contribution in [2.45, 2.75) is 6.54 Å². The van der Waals surface area contributed by atoms with Gasteiger partial charge in [0.25, 0.3) is 5.91 Å². The molecule has 0 aliphatic heterocycles. The van der Waals surface area contributed by atoms with Crippen LogP contribution in [0.1, 0.15) is 16.2 Å². The number of amides is 2. The smallest absolute Gasteiger partial charge is 0.274 e. The van der Waals surface area contributed by atoms with E-state index in [1.807, 2.05) is 18.2 Å². The average Bonchev–Trinajstić information content (AvgIpc) is 2.72. The molecule has 6 nitrogen and oxygen atoms in total. The molecule has 0 bridgehead atoms. The number of para-hydroxylation sites is 1. The lowest BCUT2D eigenvalue weighted by atomic mass is 10.2. The summed E-state index contributed by atoms with van der Waals surface area (Å²) in [6.45, 7) is 0.184. The molecule has 0 aliphatic carbocycles. The highest BCUT2D eigenvalue weighted by Crippen LogP contribution is 2.18. The number of hydrogen-bond acceptors (Lipinski definition) is 4. The first-order chi connectivity index (χ1) is 13.6. The van der Waals surface area contributed by atoms with Crippen molar-refractivity contribution in [2.24, 2.45) is 0 Å². The minimum Gasteiger partial charge on any atom is -0.321 e. The van der Waals surface area contributed by atoms with Crippen molar-refractivity contribution in [3.63, 3.8) is 0 Å². The van der Waals surface area contributed by atoms with Crippen LogP contribution in [0.3, 0.4) is 0 Å². The van der Waals surface area contributed by atoms with E-state index in [0.29, 0.717) is 22.2 Å². The maximum absolute atomic E-state index is 12.3. The molecule has 0 spiro atoms. The molecule has 0 radical (unpaired) electrons. The van der Waals surface area contributed by atoms with Gasteiger partial charge in [-0.2, -0.15) is 0 Å². The van der Waals surface area contributed by atoms with Gasteiger partial charge in [-0.1, -0.05) is 35.9 Å². The van der Waals surface area contributed by atoms with Crippen molar-refractivity contribution >= 4 is 46.4 Å². The summed E-state index contributed by atoms with van der Waals surface area (Å²) in [5.74, 6) is -0.854. The van der Waals surface area contributed by atoms with Gasteiger partial charge in [0.2, 0.25) is 5.91 Å².